The standard InChI is InChI=1S/C15H21NO/c1-3-12-7-4-5-8-14(12)15(17)13-9-6-10-16-11(13)2/h6,9-10,12,14H,3-5,7-8H2,1-2H3. The summed E-state index contributed by atoms with van der Waals surface area (Å²) in [4.78, 5) is 16.8. The molecule has 0 spiro atoms. The van der Waals surface area contributed by atoms with Gasteiger partial charge < -0.3 is 0 Å². The third-order valence-corrected chi connectivity index (χ3v) is 4.04. The molecule has 17 heavy (non-hydrogen) atoms. The zero-order valence-corrected chi connectivity index (χ0v) is 10.8. The lowest BCUT2D eigenvalue weighted by Crippen LogP contribution is -2.27. The SMILES string of the molecule is CCC1CCCCC1C(=O)c1cccnc1C. The molecule has 0 radical (unpaired) electrons. The van der Waals surface area contributed by atoms with E-state index in [0.717, 1.165) is 24.1 Å². The predicted molar refractivity (Wildman–Crippen MR) is 69.0 cm³/mol. The van der Waals surface area contributed by atoms with Gasteiger partial charge in [0.1, 0.15) is 0 Å². The third-order valence-electron chi connectivity index (χ3n) is 4.04. The van der Waals surface area contributed by atoms with Gasteiger partial charge in [-0.2, -0.15) is 0 Å². The van der Waals surface area contributed by atoms with Crippen LogP contribution in [0.4, 0.5) is 0 Å². The average Bonchev–Trinajstić information content (AvgIpc) is 2.38. The minimum absolute atomic E-state index is 0.233. The number of aromatic nitrogens is 1. The molecule has 1 heterocycles. The fraction of sp³-hybridized carbons (Fsp3) is 0.600. The van der Waals surface area contributed by atoms with E-state index in [1.807, 2.05) is 19.1 Å². The average molecular weight is 231 g/mol. The van der Waals surface area contributed by atoms with Crippen LogP contribution in [0.25, 0.3) is 0 Å². The molecule has 1 aromatic rings. The zero-order valence-electron chi connectivity index (χ0n) is 10.8. The van der Waals surface area contributed by atoms with Crippen LogP contribution in [0.15, 0.2) is 18.3 Å². The van der Waals surface area contributed by atoms with E-state index in [0.29, 0.717) is 11.7 Å². The number of pyridine rings is 1. The highest BCUT2D eigenvalue weighted by atomic mass is 16.1. The van der Waals surface area contributed by atoms with Crippen LogP contribution in [-0.2, 0) is 0 Å². The Balaban J connectivity index is 2.21. The molecule has 1 fully saturated rings. The first-order valence-electron chi connectivity index (χ1n) is 6.70. The predicted octanol–water partition coefficient (Wildman–Crippen LogP) is 3.79. The summed E-state index contributed by atoms with van der Waals surface area (Å²) in [5.74, 6) is 1.13. The van der Waals surface area contributed by atoms with Gasteiger partial charge in [-0.25, -0.2) is 0 Å². The molecule has 0 aliphatic heterocycles. The molecule has 0 aromatic carbocycles. The van der Waals surface area contributed by atoms with Crippen LogP contribution in [0.2, 0.25) is 0 Å². The molecule has 1 aliphatic carbocycles. The maximum atomic E-state index is 12.5. The summed E-state index contributed by atoms with van der Waals surface area (Å²) < 4.78 is 0. The molecular formula is C15H21NO. The van der Waals surface area contributed by atoms with Crippen LogP contribution in [0.5, 0.6) is 0 Å². The van der Waals surface area contributed by atoms with Crippen molar-refractivity contribution in [3.8, 4) is 0 Å². The van der Waals surface area contributed by atoms with E-state index >= 15 is 0 Å². The van der Waals surface area contributed by atoms with Crippen molar-refractivity contribution in [3.05, 3.63) is 29.6 Å². The number of rotatable bonds is 3. The van der Waals surface area contributed by atoms with Crippen molar-refractivity contribution in [2.75, 3.05) is 0 Å². The second-order valence-electron chi connectivity index (χ2n) is 5.06. The normalized spacial score (nSPS) is 24.6. The van der Waals surface area contributed by atoms with Crippen LogP contribution in [-0.4, -0.2) is 10.8 Å². The number of hydrogen-bond donors (Lipinski definition) is 0. The van der Waals surface area contributed by atoms with E-state index in [1.54, 1.807) is 6.20 Å². The Morgan fingerprint density at radius 2 is 2.18 bits per heavy atom. The summed E-state index contributed by atoms with van der Waals surface area (Å²) in [5, 5.41) is 0. The summed E-state index contributed by atoms with van der Waals surface area (Å²) >= 11 is 0. The Morgan fingerprint density at radius 1 is 1.41 bits per heavy atom. The first-order chi connectivity index (χ1) is 8.24. The number of ketones is 1. The molecule has 1 aliphatic rings. The van der Waals surface area contributed by atoms with Crippen LogP contribution >= 0.6 is 0 Å². The molecule has 0 N–H and O–H groups in total. The van der Waals surface area contributed by atoms with E-state index in [2.05, 4.69) is 11.9 Å². The molecule has 2 rings (SSSR count). The number of Topliss-reactive ketones (excluding diaryl/α,β-unsaturated/α-hetero) is 1. The topological polar surface area (TPSA) is 30.0 Å². The first-order valence-corrected chi connectivity index (χ1v) is 6.70. The van der Waals surface area contributed by atoms with E-state index in [-0.39, 0.29) is 5.92 Å². The lowest BCUT2D eigenvalue weighted by molar-refractivity contribution is 0.0819. The Hall–Kier alpha value is -1.18. The second-order valence-corrected chi connectivity index (χ2v) is 5.06. The number of hydrogen-bond acceptors (Lipinski definition) is 2. The number of aryl methyl sites for hydroxylation is 1. The van der Waals surface area contributed by atoms with Crippen molar-refractivity contribution in [2.45, 2.75) is 46.0 Å². The van der Waals surface area contributed by atoms with Crippen LogP contribution < -0.4 is 0 Å². The van der Waals surface area contributed by atoms with Gasteiger partial charge in [-0.3, -0.25) is 9.78 Å². The highest BCUT2D eigenvalue weighted by Gasteiger charge is 2.30. The fourth-order valence-corrected chi connectivity index (χ4v) is 2.99. The molecule has 2 heteroatoms. The molecule has 1 aromatic heterocycles. The second kappa shape index (κ2) is 5.44. The van der Waals surface area contributed by atoms with Gasteiger partial charge in [-0.05, 0) is 37.8 Å². The summed E-state index contributed by atoms with van der Waals surface area (Å²) in [6, 6.07) is 3.79. The largest absolute Gasteiger partial charge is 0.294 e. The smallest absolute Gasteiger partial charge is 0.168 e. The van der Waals surface area contributed by atoms with Gasteiger partial charge in [0.25, 0.3) is 0 Å². The van der Waals surface area contributed by atoms with Crippen molar-refractivity contribution in [2.24, 2.45) is 11.8 Å². The van der Waals surface area contributed by atoms with Gasteiger partial charge >= 0.3 is 0 Å². The maximum Gasteiger partial charge on any atom is 0.168 e. The Kier molecular flexibility index (Phi) is 3.93. The molecule has 92 valence electrons. The summed E-state index contributed by atoms with van der Waals surface area (Å²) in [7, 11) is 0. The summed E-state index contributed by atoms with van der Waals surface area (Å²) in [6.45, 7) is 4.13. The quantitative estimate of drug-likeness (QED) is 0.741. The molecule has 0 saturated heterocycles. The van der Waals surface area contributed by atoms with Crippen molar-refractivity contribution in [1.29, 1.82) is 0 Å². The molecule has 1 saturated carbocycles. The lowest BCUT2D eigenvalue weighted by Gasteiger charge is -2.29. The van der Waals surface area contributed by atoms with Crippen LogP contribution in [0, 0.1) is 18.8 Å². The molecular weight excluding hydrogens is 210 g/mol. The number of carbonyl (C=O) groups excluding carboxylic acids is 1. The monoisotopic (exact) mass is 231 g/mol. The van der Waals surface area contributed by atoms with Gasteiger partial charge in [0, 0.05) is 23.4 Å². The van der Waals surface area contributed by atoms with E-state index in [4.69, 9.17) is 0 Å². The third kappa shape index (κ3) is 2.56. The molecule has 2 nitrogen and oxygen atoms in total. The maximum absolute atomic E-state index is 12.5. The minimum atomic E-state index is 0.233. The van der Waals surface area contributed by atoms with Crippen LogP contribution in [0.3, 0.4) is 0 Å². The highest BCUT2D eigenvalue weighted by molar-refractivity contribution is 5.98. The van der Waals surface area contributed by atoms with Crippen molar-refractivity contribution >= 4 is 5.78 Å². The lowest BCUT2D eigenvalue weighted by atomic mass is 9.74. The zero-order chi connectivity index (χ0) is 12.3. The Morgan fingerprint density at radius 3 is 2.88 bits per heavy atom. The van der Waals surface area contributed by atoms with E-state index in [1.165, 1.54) is 19.3 Å². The van der Waals surface area contributed by atoms with Crippen LogP contribution in [0.1, 0.15) is 55.1 Å². The fourth-order valence-electron chi connectivity index (χ4n) is 2.99. The number of carbonyl (C=O) groups is 1. The van der Waals surface area contributed by atoms with Crippen molar-refractivity contribution in [3.63, 3.8) is 0 Å². The highest BCUT2D eigenvalue weighted by Crippen LogP contribution is 2.34. The molecule has 0 bridgehead atoms. The van der Waals surface area contributed by atoms with Gasteiger partial charge in [0.05, 0.1) is 0 Å². The van der Waals surface area contributed by atoms with Crippen molar-refractivity contribution < 1.29 is 4.79 Å². The summed E-state index contributed by atoms with van der Waals surface area (Å²) in [5.41, 5.74) is 1.70. The van der Waals surface area contributed by atoms with E-state index in [9.17, 15) is 4.79 Å². The Bertz CT molecular complexity index is 400. The van der Waals surface area contributed by atoms with Crippen molar-refractivity contribution in [1.82, 2.24) is 4.98 Å². The van der Waals surface area contributed by atoms with Gasteiger partial charge in [0.15, 0.2) is 5.78 Å². The van der Waals surface area contributed by atoms with E-state index < -0.39 is 0 Å². The number of nitrogens with zero attached hydrogens (tertiary/aromatic N) is 1. The minimum Gasteiger partial charge on any atom is -0.294 e. The first kappa shape index (κ1) is 12.3. The molecule has 2 unspecified atom stereocenters. The molecule has 0 amide bonds. The van der Waals surface area contributed by atoms with Gasteiger partial charge in [-0.1, -0.05) is 26.2 Å². The van der Waals surface area contributed by atoms with Gasteiger partial charge in [0.2, 0.25) is 0 Å². The molecule has 2 atom stereocenters. The van der Waals surface area contributed by atoms with Gasteiger partial charge in [-0.15, -0.1) is 0 Å². The Labute approximate surface area is 103 Å². The summed E-state index contributed by atoms with van der Waals surface area (Å²) in [6.07, 6.45) is 7.64.